The van der Waals surface area contributed by atoms with E-state index in [-0.39, 0.29) is 0 Å². The molecule has 0 saturated heterocycles. The summed E-state index contributed by atoms with van der Waals surface area (Å²) in [5.41, 5.74) is -0.686. The summed E-state index contributed by atoms with van der Waals surface area (Å²) in [5.74, 6) is 0. The van der Waals surface area contributed by atoms with E-state index in [9.17, 15) is 4.79 Å². The Bertz CT molecular complexity index is 272. The first kappa shape index (κ1) is 23.6. The van der Waals surface area contributed by atoms with E-state index in [0.717, 1.165) is 12.8 Å². The first-order chi connectivity index (χ1) is 11.7. The van der Waals surface area contributed by atoms with Crippen LogP contribution in [-0.4, -0.2) is 16.8 Å². The Morgan fingerprint density at radius 2 is 1.08 bits per heavy atom. The zero-order valence-electron chi connectivity index (χ0n) is 15.7. The fraction of sp³-hybridized carbons (Fsp3) is 0.950. The molecule has 0 aliphatic carbocycles. The lowest BCUT2D eigenvalue weighted by Gasteiger charge is -2.07. The van der Waals surface area contributed by atoms with Gasteiger partial charge >= 0.3 is 6.16 Å². The van der Waals surface area contributed by atoms with Crippen LogP contribution in [0, 0.1) is 0 Å². The highest BCUT2D eigenvalue weighted by atomic mass is 35.5. The highest BCUT2D eigenvalue weighted by molar-refractivity contribution is 6.20. The van der Waals surface area contributed by atoms with Crippen LogP contribution in [0.1, 0.15) is 116 Å². The van der Waals surface area contributed by atoms with Crippen LogP contribution in [0.2, 0.25) is 0 Å². The first-order valence-corrected chi connectivity index (χ1v) is 10.6. The predicted octanol–water partition coefficient (Wildman–Crippen LogP) is 7.90. The van der Waals surface area contributed by atoms with Gasteiger partial charge in [0.05, 0.1) is 0 Å². The third-order valence-corrected chi connectivity index (χ3v) is 4.82. The van der Waals surface area contributed by atoms with Gasteiger partial charge < -0.3 is 9.84 Å². The molecule has 0 heterocycles. The van der Waals surface area contributed by atoms with E-state index >= 15 is 0 Å². The highest BCUT2D eigenvalue weighted by Gasteiger charge is 2.08. The minimum Gasteiger partial charge on any atom is -0.450 e. The molecule has 0 aromatic rings. The molecule has 3 nitrogen and oxygen atoms in total. The van der Waals surface area contributed by atoms with Crippen molar-refractivity contribution < 1.29 is 14.6 Å². The lowest BCUT2D eigenvalue weighted by atomic mass is 10.0. The molecule has 0 radical (unpaired) electrons. The second-order valence-electron chi connectivity index (χ2n) is 6.89. The molecule has 0 aliphatic rings. The maximum atomic E-state index is 10.3. The van der Waals surface area contributed by atoms with Gasteiger partial charge in [0.1, 0.15) is 0 Å². The molecule has 0 aromatic carbocycles. The van der Waals surface area contributed by atoms with Gasteiger partial charge in [0, 0.05) is 0 Å². The number of unbranched alkanes of at least 4 members (excludes halogenated alkanes) is 15. The number of hydrogen-bond acceptors (Lipinski definition) is 2. The zero-order valence-corrected chi connectivity index (χ0v) is 16.5. The Balaban J connectivity index is 3.06. The normalized spacial score (nSPS) is 12.2. The van der Waals surface area contributed by atoms with Crippen molar-refractivity contribution in [3.8, 4) is 0 Å². The molecule has 0 aromatic heterocycles. The highest BCUT2D eigenvalue weighted by Crippen LogP contribution is 2.15. The molecule has 0 saturated carbocycles. The predicted molar refractivity (Wildman–Crippen MR) is 103 cm³/mol. The van der Waals surface area contributed by atoms with Crippen LogP contribution in [0.4, 0.5) is 4.79 Å². The Kier molecular flexibility index (Phi) is 18.5. The van der Waals surface area contributed by atoms with Crippen LogP contribution in [0.25, 0.3) is 0 Å². The van der Waals surface area contributed by atoms with Gasteiger partial charge in [-0.2, -0.15) is 0 Å². The van der Waals surface area contributed by atoms with Crippen LogP contribution in [0.3, 0.4) is 0 Å². The summed E-state index contributed by atoms with van der Waals surface area (Å²) < 4.78 is 4.46. The van der Waals surface area contributed by atoms with Gasteiger partial charge in [-0.05, 0) is 12.8 Å². The van der Waals surface area contributed by atoms with Crippen molar-refractivity contribution in [2.75, 3.05) is 0 Å². The van der Waals surface area contributed by atoms with E-state index in [4.69, 9.17) is 16.7 Å². The average molecular weight is 363 g/mol. The maximum absolute atomic E-state index is 10.3. The number of carboxylic acid groups (broad SMARTS) is 1. The number of ether oxygens (including phenoxy) is 1. The second-order valence-corrected chi connectivity index (χ2v) is 7.37. The van der Waals surface area contributed by atoms with Gasteiger partial charge in [0.2, 0.25) is 0 Å². The van der Waals surface area contributed by atoms with E-state index in [1.165, 1.54) is 89.9 Å². The van der Waals surface area contributed by atoms with Crippen LogP contribution in [-0.2, 0) is 4.74 Å². The van der Waals surface area contributed by atoms with E-state index < -0.39 is 11.7 Å². The lowest BCUT2D eigenvalue weighted by Crippen LogP contribution is -2.09. The van der Waals surface area contributed by atoms with Gasteiger partial charge in [0.15, 0.2) is 5.56 Å². The Labute approximate surface area is 154 Å². The molecule has 0 spiro atoms. The summed E-state index contributed by atoms with van der Waals surface area (Å²) in [6.07, 6.45) is 20.6. The third-order valence-electron chi connectivity index (χ3n) is 4.51. The average Bonchev–Trinajstić information content (AvgIpc) is 2.53. The first-order valence-electron chi connectivity index (χ1n) is 10.2. The molecule has 1 N–H and O–H groups in total. The van der Waals surface area contributed by atoms with E-state index in [2.05, 4.69) is 11.7 Å². The van der Waals surface area contributed by atoms with Crippen LogP contribution >= 0.6 is 11.6 Å². The molecule has 1 unspecified atom stereocenters. The summed E-state index contributed by atoms with van der Waals surface area (Å²) in [7, 11) is 0. The summed E-state index contributed by atoms with van der Waals surface area (Å²) in [4.78, 5) is 10.3. The van der Waals surface area contributed by atoms with Crippen LogP contribution < -0.4 is 0 Å². The molecule has 0 rings (SSSR count). The topological polar surface area (TPSA) is 46.5 Å². The van der Waals surface area contributed by atoms with Crippen LogP contribution in [0.5, 0.6) is 0 Å². The molecule has 0 fully saturated rings. The molecule has 24 heavy (non-hydrogen) atoms. The number of halogens is 1. The Morgan fingerprint density at radius 3 is 1.42 bits per heavy atom. The van der Waals surface area contributed by atoms with E-state index in [1.807, 2.05) is 0 Å². The largest absolute Gasteiger partial charge is 0.507 e. The number of hydrogen-bond donors (Lipinski definition) is 1. The molecule has 144 valence electrons. The van der Waals surface area contributed by atoms with Crippen LogP contribution in [0.15, 0.2) is 0 Å². The molecule has 0 aliphatic heterocycles. The Hall–Kier alpha value is -0.440. The van der Waals surface area contributed by atoms with Crippen molar-refractivity contribution in [2.45, 2.75) is 122 Å². The van der Waals surface area contributed by atoms with Crippen molar-refractivity contribution in [3.05, 3.63) is 0 Å². The Morgan fingerprint density at radius 1 is 0.750 bits per heavy atom. The van der Waals surface area contributed by atoms with Gasteiger partial charge in [0.25, 0.3) is 0 Å². The quantitative estimate of drug-likeness (QED) is 0.153. The molecular formula is C20H39ClO3. The molecule has 1 atom stereocenters. The number of alkyl halides is 1. The van der Waals surface area contributed by atoms with Gasteiger partial charge in [-0.15, -0.1) is 0 Å². The minimum atomic E-state index is -1.29. The van der Waals surface area contributed by atoms with Gasteiger partial charge in [-0.3, -0.25) is 0 Å². The van der Waals surface area contributed by atoms with Crippen molar-refractivity contribution in [2.24, 2.45) is 0 Å². The number of rotatable bonds is 18. The fourth-order valence-electron chi connectivity index (χ4n) is 3.02. The number of carbonyl (C=O) groups is 1. The molecule has 0 amide bonds. The summed E-state index contributed by atoms with van der Waals surface area (Å²) in [6.45, 7) is 2.27. The summed E-state index contributed by atoms with van der Waals surface area (Å²) >= 11 is 5.74. The monoisotopic (exact) mass is 362 g/mol. The van der Waals surface area contributed by atoms with Crippen molar-refractivity contribution in [1.82, 2.24) is 0 Å². The van der Waals surface area contributed by atoms with Crippen molar-refractivity contribution >= 4 is 17.8 Å². The minimum absolute atomic E-state index is 0.617. The summed E-state index contributed by atoms with van der Waals surface area (Å²) in [5, 5.41) is 8.41. The molecule has 4 heteroatoms. The SMILES string of the molecule is CCCCCCCCCCCCCCCCCCC(Cl)OC(=O)O. The fourth-order valence-corrected chi connectivity index (χ4v) is 3.25. The lowest BCUT2D eigenvalue weighted by molar-refractivity contribution is 0.0766. The van der Waals surface area contributed by atoms with E-state index in [0.29, 0.717) is 6.42 Å². The molecular weight excluding hydrogens is 324 g/mol. The third kappa shape index (κ3) is 19.6. The van der Waals surface area contributed by atoms with Crippen molar-refractivity contribution in [3.63, 3.8) is 0 Å². The summed E-state index contributed by atoms with van der Waals surface area (Å²) in [6, 6.07) is 0. The molecule has 0 bridgehead atoms. The maximum Gasteiger partial charge on any atom is 0.507 e. The van der Waals surface area contributed by atoms with Crippen molar-refractivity contribution in [1.29, 1.82) is 0 Å². The second kappa shape index (κ2) is 18.9. The standard InChI is InChI=1S/C20H39ClO3/c1-2-3-4-5-6-7-8-9-10-11-12-13-14-15-16-17-18-19(21)24-20(22)23/h19H,2-18H2,1H3,(H,22,23). The zero-order chi connectivity index (χ0) is 17.9. The van der Waals surface area contributed by atoms with E-state index in [1.54, 1.807) is 0 Å². The smallest absolute Gasteiger partial charge is 0.450 e. The van der Waals surface area contributed by atoms with Gasteiger partial charge in [-0.1, -0.05) is 115 Å². The van der Waals surface area contributed by atoms with Gasteiger partial charge in [-0.25, -0.2) is 4.79 Å².